The Morgan fingerprint density at radius 1 is 1.33 bits per heavy atom. The van der Waals surface area contributed by atoms with Crippen molar-refractivity contribution in [2.24, 2.45) is 7.05 Å². The van der Waals surface area contributed by atoms with E-state index in [1.165, 1.54) is 11.1 Å². The Bertz CT molecular complexity index is 700. The zero-order valence-electron chi connectivity index (χ0n) is 14.3. The summed E-state index contributed by atoms with van der Waals surface area (Å²) < 4.78 is 1.68. The Balaban J connectivity index is 1.46. The van der Waals surface area contributed by atoms with E-state index in [1.54, 1.807) is 4.68 Å². The fraction of sp³-hybridized carbons (Fsp3) is 0.500. The van der Waals surface area contributed by atoms with Gasteiger partial charge in [-0.3, -0.25) is 9.58 Å². The van der Waals surface area contributed by atoms with E-state index in [9.17, 15) is 5.11 Å². The van der Waals surface area contributed by atoms with Gasteiger partial charge in [-0.15, -0.1) is 0 Å². The van der Waals surface area contributed by atoms with Gasteiger partial charge in [0.1, 0.15) is 5.15 Å². The first-order valence-electron chi connectivity index (χ1n) is 8.40. The van der Waals surface area contributed by atoms with Gasteiger partial charge in [0.05, 0.1) is 11.8 Å². The van der Waals surface area contributed by atoms with Gasteiger partial charge in [0.15, 0.2) is 0 Å². The number of fused-ring (bicyclic) bond motifs is 1. The molecule has 130 valence electrons. The van der Waals surface area contributed by atoms with Gasteiger partial charge in [0, 0.05) is 45.3 Å². The average molecular weight is 349 g/mol. The van der Waals surface area contributed by atoms with Gasteiger partial charge in [-0.25, -0.2) is 0 Å². The van der Waals surface area contributed by atoms with Gasteiger partial charge in [-0.2, -0.15) is 5.10 Å². The summed E-state index contributed by atoms with van der Waals surface area (Å²) in [5.41, 5.74) is 4.74. The van der Waals surface area contributed by atoms with Crippen LogP contribution in [0.2, 0.25) is 5.15 Å². The third kappa shape index (κ3) is 3.98. The molecule has 1 aliphatic rings. The molecule has 24 heavy (non-hydrogen) atoms. The smallest absolute Gasteiger partial charge is 0.131 e. The molecule has 0 unspecified atom stereocenters. The van der Waals surface area contributed by atoms with Crippen LogP contribution in [0.25, 0.3) is 0 Å². The van der Waals surface area contributed by atoms with Crippen molar-refractivity contribution in [3.8, 4) is 0 Å². The normalized spacial score (nSPS) is 16.2. The van der Waals surface area contributed by atoms with Crippen LogP contribution in [0.3, 0.4) is 0 Å². The number of halogens is 1. The minimum Gasteiger partial charge on any atom is -0.390 e. The summed E-state index contributed by atoms with van der Waals surface area (Å²) in [6.07, 6.45) is 0.659. The topological polar surface area (TPSA) is 53.3 Å². The number of aryl methyl sites for hydroxylation is 2. The average Bonchev–Trinajstić information content (AvgIpc) is 2.81. The van der Waals surface area contributed by atoms with E-state index in [4.69, 9.17) is 11.6 Å². The number of benzene rings is 1. The van der Waals surface area contributed by atoms with Crippen LogP contribution in [0, 0.1) is 6.92 Å². The van der Waals surface area contributed by atoms with Crippen LogP contribution >= 0.6 is 11.6 Å². The summed E-state index contributed by atoms with van der Waals surface area (Å²) in [6, 6.07) is 8.56. The third-order valence-electron chi connectivity index (χ3n) is 4.63. The summed E-state index contributed by atoms with van der Waals surface area (Å²) in [7, 11) is 1.84. The van der Waals surface area contributed by atoms with Gasteiger partial charge in [-0.1, -0.05) is 35.9 Å². The number of hydrogen-bond acceptors (Lipinski definition) is 4. The second kappa shape index (κ2) is 7.66. The summed E-state index contributed by atoms with van der Waals surface area (Å²) in [6.45, 7) is 5.72. The number of aliphatic hydroxyl groups excluding tert-OH is 1. The van der Waals surface area contributed by atoms with E-state index >= 15 is 0 Å². The number of nitrogens with one attached hydrogen (secondary N) is 1. The molecular formula is C18H25ClN4O. The Hall–Kier alpha value is -1.40. The van der Waals surface area contributed by atoms with E-state index in [1.807, 2.05) is 14.0 Å². The molecule has 3 rings (SSSR count). The molecule has 0 amide bonds. The van der Waals surface area contributed by atoms with Crippen molar-refractivity contribution in [3.63, 3.8) is 0 Å². The van der Waals surface area contributed by atoms with Crippen LogP contribution in [0.5, 0.6) is 0 Å². The molecule has 0 aliphatic carbocycles. The lowest BCUT2D eigenvalue weighted by Gasteiger charge is -2.30. The molecule has 6 heteroatoms. The molecule has 5 nitrogen and oxygen atoms in total. The van der Waals surface area contributed by atoms with Crippen molar-refractivity contribution in [2.45, 2.75) is 32.5 Å². The minimum absolute atomic E-state index is 0.397. The SMILES string of the molecule is Cc1nn(C)c(Cl)c1CNC[C@@H](O)CN1CCc2ccccc2C1. The van der Waals surface area contributed by atoms with Crippen molar-refractivity contribution < 1.29 is 5.11 Å². The van der Waals surface area contributed by atoms with Crippen LogP contribution in [0.1, 0.15) is 22.4 Å². The number of nitrogens with zero attached hydrogens (tertiary/aromatic N) is 3. The monoisotopic (exact) mass is 348 g/mol. The molecule has 1 aromatic carbocycles. The second-order valence-corrected chi connectivity index (χ2v) is 6.87. The highest BCUT2D eigenvalue weighted by atomic mass is 35.5. The summed E-state index contributed by atoms with van der Waals surface area (Å²) in [5, 5.41) is 18.6. The Morgan fingerprint density at radius 3 is 2.79 bits per heavy atom. The predicted octanol–water partition coefficient (Wildman–Crippen LogP) is 1.89. The number of β-amino-alcohol motifs (C(OH)–C–C–N with tert-alkyl or cyclic N) is 1. The maximum absolute atomic E-state index is 10.3. The first kappa shape index (κ1) is 17.4. The summed E-state index contributed by atoms with van der Waals surface area (Å²) in [5.74, 6) is 0. The number of aromatic nitrogens is 2. The standard InChI is InChI=1S/C18H25ClN4O/c1-13-17(18(19)22(2)21-13)10-20-9-16(24)12-23-8-7-14-5-3-4-6-15(14)11-23/h3-6,16,20,24H,7-12H2,1-2H3/t16-/m1/s1. The van der Waals surface area contributed by atoms with Crippen LogP contribution in [0.4, 0.5) is 0 Å². The molecule has 0 bridgehead atoms. The first-order chi connectivity index (χ1) is 11.5. The molecule has 2 N–H and O–H groups in total. The molecule has 1 atom stereocenters. The highest BCUT2D eigenvalue weighted by Crippen LogP contribution is 2.19. The zero-order chi connectivity index (χ0) is 17.1. The molecule has 0 saturated carbocycles. The van der Waals surface area contributed by atoms with Crippen LogP contribution in [-0.4, -0.2) is 45.5 Å². The third-order valence-corrected chi connectivity index (χ3v) is 5.10. The van der Waals surface area contributed by atoms with Crippen molar-refractivity contribution >= 4 is 11.6 Å². The number of hydrogen-bond donors (Lipinski definition) is 2. The molecule has 1 aliphatic heterocycles. The maximum atomic E-state index is 10.3. The quantitative estimate of drug-likeness (QED) is 0.837. The van der Waals surface area contributed by atoms with E-state index in [0.29, 0.717) is 24.8 Å². The highest BCUT2D eigenvalue weighted by Gasteiger charge is 2.18. The van der Waals surface area contributed by atoms with Crippen molar-refractivity contribution in [1.29, 1.82) is 0 Å². The van der Waals surface area contributed by atoms with Crippen LogP contribution < -0.4 is 5.32 Å². The zero-order valence-corrected chi connectivity index (χ0v) is 15.1. The lowest BCUT2D eigenvalue weighted by atomic mass is 10.00. The van der Waals surface area contributed by atoms with E-state index in [0.717, 1.165) is 30.8 Å². The number of rotatable bonds is 6. The predicted molar refractivity (Wildman–Crippen MR) is 96.1 cm³/mol. The second-order valence-electron chi connectivity index (χ2n) is 6.52. The van der Waals surface area contributed by atoms with E-state index in [-0.39, 0.29) is 0 Å². The van der Waals surface area contributed by atoms with Gasteiger partial charge < -0.3 is 10.4 Å². The lowest BCUT2D eigenvalue weighted by Crippen LogP contribution is -2.40. The van der Waals surface area contributed by atoms with Crippen molar-refractivity contribution in [2.75, 3.05) is 19.6 Å². The molecule has 2 aromatic rings. The molecule has 0 radical (unpaired) electrons. The van der Waals surface area contributed by atoms with Crippen LogP contribution in [-0.2, 0) is 26.6 Å². The van der Waals surface area contributed by atoms with Crippen molar-refractivity contribution in [3.05, 3.63) is 51.8 Å². The van der Waals surface area contributed by atoms with Gasteiger partial charge in [0.2, 0.25) is 0 Å². The van der Waals surface area contributed by atoms with E-state index < -0.39 is 6.10 Å². The Morgan fingerprint density at radius 2 is 2.08 bits per heavy atom. The van der Waals surface area contributed by atoms with Crippen LogP contribution in [0.15, 0.2) is 24.3 Å². The van der Waals surface area contributed by atoms with Crippen molar-refractivity contribution in [1.82, 2.24) is 20.0 Å². The lowest BCUT2D eigenvalue weighted by molar-refractivity contribution is 0.104. The molecule has 2 heterocycles. The fourth-order valence-corrected chi connectivity index (χ4v) is 3.55. The number of aliphatic hydroxyl groups is 1. The fourth-order valence-electron chi connectivity index (χ4n) is 3.31. The van der Waals surface area contributed by atoms with E-state index in [2.05, 4.69) is 39.6 Å². The van der Waals surface area contributed by atoms with Gasteiger partial charge in [-0.05, 0) is 24.5 Å². The largest absolute Gasteiger partial charge is 0.390 e. The Labute approximate surface area is 148 Å². The first-order valence-corrected chi connectivity index (χ1v) is 8.78. The maximum Gasteiger partial charge on any atom is 0.131 e. The summed E-state index contributed by atoms with van der Waals surface area (Å²) in [4.78, 5) is 2.32. The Kier molecular flexibility index (Phi) is 5.56. The van der Waals surface area contributed by atoms with Gasteiger partial charge in [0.25, 0.3) is 0 Å². The minimum atomic E-state index is -0.397. The summed E-state index contributed by atoms with van der Waals surface area (Å²) >= 11 is 6.22. The molecule has 0 spiro atoms. The molecule has 0 saturated heterocycles. The highest BCUT2D eigenvalue weighted by molar-refractivity contribution is 6.30. The molecular weight excluding hydrogens is 324 g/mol. The molecule has 0 fully saturated rings. The van der Waals surface area contributed by atoms with Gasteiger partial charge >= 0.3 is 0 Å². The molecule has 1 aromatic heterocycles.